The molecule has 108 valence electrons. The van der Waals surface area contributed by atoms with Gasteiger partial charge in [-0.1, -0.05) is 56.4 Å². The highest BCUT2D eigenvalue weighted by Gasteiger charge is 2.25. The van der Waals surface area contributed by atoms with Gasteiger partial charge in [-0.3, -0.25) is 4.79 Å². The fraction of sp³-hybridized carbons (Fsp3) is 0.632. The molecular formula is C19H26O. The summed E-state index contributed by atoms with van der Waals surface area (Å²) in [6.07, 6.45) is 12.0. The monoisotopic (exact) mass is 270 g/mol. The molecule has 1 aromatic rings. The van der Waals surface area contributed by atoms with Crippen molar-refractivity contribution in [2.75, 3.05) is 0 Å². The summed E-state index contributed by atoms with van der Waals surface area (Å²) in [4.78, 5) is 12.5. The van der Waals surface area contributed by atoms with Gasteiger partial charge in [-0.2, -0.15) is 0 Å². The van der Waals surface area contributed by atoms with E-state index in [9.17, 15) is 4.79 Å². The molecule has 0 aliphatic heterocycles. The largest absolute Gasteiger partial charge is 0.299 e. The molecule has 1 atom stereocenters. The number of hydrogen-bond acceptors (Lipinski definition) is 1. The van der Waals surface area contributed by atoms with Gasteiger partial charge in [0.25, 0.3) is 0 Å². The van der Waals surface area contributed by atoms with Crippen LogP contribution in [0.25, 0.3) is 0 Å². The van der Waals surface area contributed by atoms with E-state index in [4.69, 9.17) is 0 Å². The normalized spacial score (nSPS) is 23.3. The number of carbonyl (C=O) groups is 1. The van der Waals surface area contributed by atoms with Crippen LogP contribution in [0, 0.1) is 11.8 Å². The Morgan fingerprint density at radius 3 is 2.55 bits per heavy atom. The summed E-state index contributed by atoms with van der Waals surface area (Å²) in [5.41, 5.74) is 2.87. The molecule has 2 aliphatic carbocycles. The fourth-order valence-corrected chi connectivity index (χ4v) is 4.00. The van der Waals surface area contributed by atoms with Crippen molar-refractivity contribution in [2.24, 2.45) is 11.8 Å². The average Bonchev–Trinajstić information content (AvgIpc) is 2.53. The zero-order chi connectivity index (χ0) is 13.8. The lowest BCUT2D eigenvalue weighted by atomic mass is 9.79. The van der Waals surface area contributed by atoms with Crippen molar-refractivity contribution in [3.8, 4) is 0 Å². The van der Waals surface area contributed by atoms with Gasteiger partial charge in [0.2, 0.25) is 0 Å². The molecule has 20 heavy (non-hydrogen) atoms. The molecule has 0 bridgehead atoms. The van der Waals surface area contributed by atoms with Gasteiger partial charge in [0, 0.05) is 12.3 Å². The third-order valence-electron chi connectivity index (χ3n) is 5.33. The van der Waals surface area contributed by atoms with Crippen molar-refractivity contribution in [3.63, 3.8) is 0 Å². The Balaban J connectivity index is 1.51. The van der Waals surface area contributed by atoms with Gasteiger partial charge in [-0.25, -0.2) is 0 Å². The van der Waals surface area contributed by atoms with E-state index in [0.717, 1.165) is 38.0 Å². The van der Waals surface area contributed by atoms with Crippen LogP contribution in [0.3, 0.4) is 0 Å². The number of hydrogen-bond donors (Lipinski definition) is 0. The Bertz CT molecular complexity index is 457. The summed E-state index contributed by atoms with van der Waals surface area (Å²) < 4.78 is 0. The van der Waals surface area contributed by atoms with Crippen LogP contribution in [0.1, 0.15) is 62.5 Å². The van der Waals surface area contributed by atoms with Crippen LogP contribution in [-0.4, -0.2) is 5.78 Å². The van der Waals surface area contributed by atoms with Crippen molar-refractivity contribution in [3.05, 3.63) is 35.4 Å². The summed E-state index contributed by atoms with van der Waals surface area (Å²) in [5.74, 6) is 1.67. The predicted molar refractivity (Wildman–Crippen MR) is 82.8 cm³/mol. The minimum Gasteiger partial charge on any atom is -0.299 e. The van der Waals surface area contributed by atoms with E-state index >= 15 is 0 Å². The van der Waals surface area contributed by atoms with Gasteiger partial charge in [-0.05, 0) is 42.7 Å². The Morgan fingerprint density at radius 2 is 1.75 bits per heavy atom. The molecule has 0 heterocycles. The molecule has 2 aliphatic rings. The van der Waals surface area contributed by atoms with E-state index in [1.165, 1.54) is 43.2 Å². The minimum atomic E-state index is 0.300. The topological polar surface area (TPSA) is 17.1 Å². The maximum absolute atomic E-state index is 12.5. The van der Waals surface area contributed by atoms with Crippen LogP contribution in [0.5, 0.6) is 0 Å². The first-order valence-corrected chi connectivity index (χ1v) is 8.42. The molecule has 0 spiro atoms. The van der Waals surface area contributed by atoms with Gasteiger partial charge < -0.3 is 0 Å². The lowest BCUT2D eigenvalue weighted by Gasteiger charge is -2.25. The second-order valence-electron chi connectivity index (χ2n) is 6.72. The highest BCUT2D eigenvalue weighted by molar-refractivity contribution is 5.81. The summed E-state index contributed by atoms with van der Waals surface area (Å²) in [7, 11) is 0. The van der Waals surface area contributed by atoms with E-state index in [2.05, 4.69) is 24.3 Å². The minimum absolute atomic E-state index is 0.300. The standard InChI is InChI=1S/C19H26O/c20-19(13-10-15-6-2-1-3-7-15)18-12-11-16-8-4-5-9-17(16)14-18/h4-5,8-9,15,18H,1-3,6-7,10-14H2. The summed E-state index contributed by atoms with van der Waals surface area (Å²) >= 11 is 0. The van der Waals surface area contributed by atoms with Crippen LogP contribution in [0.4, 0.5) is 0 Å². The van der Waals surface area contributed by atoms with Crippen LogP contribution < -0.4 is 0 Å². The van der Waals surface area contributed by atoms with Crippen LogP contribution in [0.2, 0.25) is 0 Å². The molecule has 0 amide bonds. The summed E-state index contributed by atoms with van der Waals surface area (Å²) in [5, 5.41) is 0. The summed E-state index contributed by atoms with van der Waals surface area (Å²) in [6.45, 7) is 0. The van der Waals surface area contributed by atoms with Crippen molar-refractivity contribution in [1.82, 2.24) is 0 Å². The highest BCUT2D eigenvalue weighted by atomic mass is 16.1. The zero-order valence-corrected chi connectivity index (χ0v) is 12.4. The fourth-order valence-electron chi connectivity index (χ4n) is 4.00. The lowest BCUT2D eigenvalue weighted by molar-refractivity contribution is -0.123. The number of fused-ring (bicyclic) bond motifs is 1. The van der Waals surface area contributed by atoms with Crippen molar-refractivity contribution >= 4 is 5.78 Å². The molecule has 1 aromatic carbocycles. The smallest absolute Gasteiger partial charge is 0.136 e. The second-order valence-corrected chi connectivity index (χ2v) is 6.72. The summed E-state index contributed by atoms with van der Waals surface area (Å²) in [6, 6.07) is 8.64. The number of aryl methyl sites for hydroxylation is 1. The Morgan fingerprint density at radius 1 is 1.00 bits per heavy atom. The van der Waals surface area contributed by atoms with Gasteiger partial charge >= 0.3 is 0 Å². The molecule has 1 nitrogen and oxygen atoms in total. The number of Topliss-reactive ketones (excluding diaryl/α,β-unsaturated/α-hetero) is 1. The van der Waals surface area contributed by atoms with E-state index < -0.39 is 0 Å². The molecule has 1 unspecified atom stereocenters. The van der Waals surface area contributed by atoms with Gasteiger partial charge in [0.1, 0.15) is 5.78 Å². The third-order valence-corrected chi connectivity index (χ3v) is 5.33. The number of carbonyl (C=O) groups excluding carboxylic acids is 1. The maximum Gasteiger partial charge on any atom is 0.136 e. The molecule has 1 fully saturated rings. The lowest BCUT2D eigenvalue weighted by Crippen LogP contribution is -2.23. The molecule has 0 radical (unpaired) electrons. The van der Waals surface area contributed by atoms with Gasteiger partial charge in [0.15, 0.2) is 0 Å². The van der Waals surface area contributed by atoms with E-state index in [-0.39, 0.29) is 0 Å². The molecule has 3 rings (SSSR count). The zero-order valence-electron chi connectivity index (χ0n) is 12.4. The van der Waals surface area contributed by atoms with E-state index in [1.807, 2.05) is 0 Å². The third kappa shape index (κ3) is 3.31. The van der Waals surface area contributed by atoms with Crippen molar-refractivity contribution < 1.29 is 4.79 Å². The van der Waals surface area contributed by atoms with Crippen LogP contribution in [0.15, 0.2) is 24.3 Å². The first-order valence-electron chi connectivity index (χ1n) is 8.42. The molecule has 0 aromatic heterocycles. The second kappa shape index (κ2) is 6.56. The Kier molecular flexibility index (Phi) is 4.54. The number of rotatable bonds is 4. The van der Waals surface area contributed by atoms with E-state index in [0.29, 0.717) is 11.7 Å². The predicted octanol–water partition coefficient (Wildman–Crippen LogP) is 4.72. The van der Waals surface area contributed by atoms with Crippen molar-refractivity contribution in [1.29, 1.82) is 0 Å². The quantitative estimate of drug-likeness (QED) is 0.773. The van der Waals surface area contributed by atoms with Crippen molar-refractivity contribution in [2.45, 2.75) is 64.2 Å². The van der Waals surface area contributed by atoms with Gasteiger partial charge in [0.05, 0.1) is 0 Å². The highest BCUT2D eigenvalue weighted by Crippen LogP contribution is 2.30. The maximum atomic E-state index is 12.5. The van der Waals surface area contributed by atoms with Crippen LogP contribution in [-0.2, 0) is 17.6 Å². The Labute approximate surface area is 122 Å². The van der Waals surface area contributed by atoms with E-state index in [1.54, 1.807) is 0 Å². The average molecular weight is 270 g/mol. The molecule has 1 heteroatoms. The first-order chi connectivity index (χ1) is 9.83. The van der Waals surface area contributed by atoms with Gasteiger partial charge in [-0.15, -0.1) is 0 Å². The van der Waals surface area contributed by atoms with Crippen LogP contribution >= 0.6 is 0 Å². The number of ketones is 1. The molecule has 0 N–H and O–H groups in total. The Hall–Kier alpha value is -1.11. The molecular weight excluding hydrogens is 244 g/mol. The number of benzene rings is 1. The SMILES string of the molecule is O=C(CCC1CCCCC1)C1CCc2ccccc2C1. The first kappa shape index (κ1) is 13.9. The molecule has 0 saturated heterocycles. The molecule has 1 saturated carbocycles.